The van der Waals surface area contributed by atoms with Gasteiger partial charge in [0.2, 0.25) is 5.91 Å². The van der Waals surface area contributed by atoms with Crippen LogP contribution < -0.4 is 0 Å². The smallest absolute Gasteiger partial charge is 0.326 e. The maximum Gasteiger partial charge on any atom is 0.326 e. The Bertz CT molecular complexity index is 328. The maximum absolute atomic E-state index is 11.9. The molecule has 0 spiro atoms. The highest BCUT2D eigenvalue weighted by molar-refractivity contribution is 5.87. The molecule has 2 N–H and O–H groups in total. The van der Waals surface area contributed by atoms with Gasteiger partial charge < -0.3 is 15.1 Å². The number of carbonyl (C=O) groups is 3. The van der Waals surface area contributed by atoms with E-state index in [4.69, 9.17) is 10.2 Å². The highest BCUT2D eigenvalue weighted by Gasteiger charge is 2.34. The van der Waals surface area contributed by atoms with Crippen LogP contribution in [0.25, 0.3) is 0 Å². The van der Waals surface area contributed by atoms with Gasteiger partial charge in [-0.2, -0.15) is 0 Å². The third kappa shape index (κ3) is 3.44. The summed E-state index contributed by atoms with van der Waals surface area (Å²) in [7, 11) is 0. The molecule has 96 valence electrons. The van der Waals surface area contributed by atoms with Crippen molar-refractivity contribution in [2.75, 3.05) is 6.54 Å². The van der Waals surface area contributed by atoms with Gasteiger partial charge in [-0.05, 0) is 19.3 Å². The Kier molecular flexibility index (Phi) is 4.48. The zero-order chi connectivity index (χ0) is 13.0. The first kappa shape index (κ1) is 13.5. The SMILES string of the molecule is CC(CC(=O)O)C(=O)N1CCCCC1C(=O)O. The van der Waals surface area contributed by atoms with Crippen molar-refractivity contribution in [1.29, 1.82) is 0 Å². The second-order valence-corrected chi connectivity index (χ2v) is 4.38. The molecule has 6 nitrogen and oxygen atoms in total. The Morgan fingerprint density at radius 2 is 1.94 bits per heavy atom. The molecular formula is C11H17NO5. The van der Waals surface area contributed by atoms with Crippen LogP contribution in [-0.2, 0) is 14.4 Å². The number of carboxylic acids is 2. The van der Waals surface area contributed by atoms with Crippen LogP contribution in [-0.4, -0.2) is 45.5 Å². The normalized spacial score (nSPS) is 21.9. The summed E-state index contributed by atoms with van der Waals surface area (Å²) in [6.07, 6.45) is 1.74. The molecule has 2 unspecified atom stereocenters. The lowest BCUT2D eigenvalue weighted by atomic mass is 9.98. The summed E-state index contributed by atoms with van der Waals surface area (Å²) >= 11 is 0. The molecule has 0 aromatic heterocycles. The van der Waals surface area contributed by atoms with Gasteiger partial charge in [0.1, 0.15) is 6.04 Å². The van der Waals surface area contributed by atoms with Crippen LogP contribution in [0.2, 0.25) is 0 Å². The lowest BCUT2D eigenvalue weighted by Crippen LogP contribution is -2.50. The minimum Gasteiger partial charge on any atom is -0.481 e. The van der Waals surface area contributed by atoms with Crippen molar-refractivity contribution in [3.8, 4) is 0 Å². The molecule has 0 bridgehead atoms. The van der Waals surface area contributed by atoms with E-state index in [1.165, 1.54) is 11.8 Å². The number of aliphatic carboxylic acids is 2. The van der Waals surface area contributed by atoms with Gasteiger partial charge in [0, 0.05) is 12.5 Å². The molecule has 0 aliphatic carbocycles. The first-order valence-corrected chi connectivity index (χ1v) is 5.68. The number of amides is 1. The van der Waals surface area contributed by atoms with E-state index >= 15 is 0 Å². The van der Waals surface area contributed by atoms with Crippen molar-refractivity contribution < 1.29 is 24.6 Å². The Balaban J connectivity index is 2.70. The third-order valence-corrected chi connectivity index (χ3v) is 2.97. The topological polar surface area (TPSA) is 94.9 Å². The molecule has 1 saturated heterocycles. The minimum absolute atomic E-state index is 0.262. The fourth-order valence-electron chi connectivity index (χ4n) is 2.08. The first-order chi connectivity index (χ1) is 7.93. The second-order valence-electron chi connectivity index (χ2n) is 4.38. The lowest BCUT2D eigenvalue weighted by molar-refractivity contribution is -0.154. The van der Waals surface area contributed by atoms with Crippen molar-refractivity contribution in [1.82, 2.24) is 4.90 Å². The molecule has 1 amide bonds. The van der Waals surface area contributed by atoms with E-state index in [1.807, 2.05) is 0 Å². The maximum atomic E-state index is 11.9. The molecule has 0 aromatic carbocycles. The number of nitrogens with zero attached hydrogens (tertiary/aromatic N) is 1. The van der Waals surface area contributed by atoms with Crippen molar-refractivity contribution in [2.24, 2.45) is 5.92 Å². The predicted octanol–water partition coefficient (Wildman–Crippen LogP) is 0.563. The third-order valence-electron chi connectivity index (χ3n) is 2.97. The number of carbonyl (C=O) groups excluding carboxylic acids is 1. The molecule has 1 fully saturated rings. The Morgan fingerprint density at radius 3 is 2.47 bits per heavy atom. The molecule has 6 heteroatoms. The van der Waals surface area contributed by atoms with E-state index in [0.717, 1.165) is 12.8 Å². The number of piperidine rings is 1. The molecular weight excluding hydrogens is 226 g/mol. The first-order valence-electron chi connectivity index (χ1n) is 5.68. The van der Waals surface area contributed by atoms with E-state index in [2.05, 4.69) is 0 Å². The summed E-state index contributed by atoms with van der Waals surface area (Å²) in [6, 6.07) is -0.799. The Hall–Kier alpha value is -1.59. The van der Waals surface area contributed by atoms with Gasteiger partial charge in [0.15, 0.2) is 0 Å². The van der Waals surface area contributed by atoms with Crippen LogP contribution in [0.5, 0.6) is 0 Å². The number of carboxylic acid groups (broad SMARTS) is 2. The van der Waals surface area contributed by atoms with Crippen molar-refractivity contribution in [3.05, 3.63) is 0 Å². The molecule has 2 atom stereocenters. The minimum atomic E-state index is -1.05. The number of hydrogen-bond donors (Lipinski definition) is 2. The van der Waals surface area contributed by atoms with Gasteiger partial charge in [-0.1, -0.05) is 6.92 Å². The van der Waals surface area contributed by atoms with Gasteiger partial charge in [-0.3, -0.25) is 9.59 Å². The van der Waals surface area contributed by atoms with Crippen molar-refractivity contribution >= 4 is 17.8 Å². The number of rotatable bonds is 4. The van der Waals surface area contributed by atoms with Gasteiger partial charge >= 0.3 is 11.9 Å². The highest BCUT2D eigenvalue weighted by Crippen LogP contribution is 2.20. The van der Waals surface area contributed by atoms with E-state index in [-0.39, 0.29) is 12.3 Å². The largest absolute Gasteiger partial charge is 0.481 e. The molecule has 1 aliphatic heterocycles. The van der Waals surface area contributed by atoms with Gasteiger partial charge in [0.05, 0.1) is 6.42 Å². The van der Waals surface area contributed by atoms with Crippen LogP contribution in [0.1, 0.15) is 32.6 Å². The van der Waals surface area contributed by atoms with E-state index < -0.39 is 23.9 Å². The summed E-state index contributed by atoms with van der Waals surface area (Å²) in [4.78, 5) is 34.8. The molecule has 0 aromatic rings. The number of likely N-dealkylation sites (tertiary alicyclic amines) is 1. The van der Waals surface area contributed by atoms with Crippen LogP contribution in [0.4, 0.5) is 0 Å². The summed E-state index contributed by atoms with van der Waals surface area (Å²) in [6.45, 7) is 1.92. The molecule has 0 radical (unpaired) electrons. The fourth-order valence-corrected chi connectivity index (χ4v) is 2.08. The predicted molar refractivity (Wildman–Crippen MR) is 58.4 cm³/mol. The molecule has 1 heterocycles. The quantitative estimate of drug-likeness (QED) is 0.752. The average molecular weight is 243 g/mol. The van der Waals surface area contributed by atoms with Crippen LogP contribution in [0.3, 0.4) is 0 Å². The highest BCUT2D eigenvalue weighted by atomic mass is 16.4. The monoisotopic (exact) mass is 243 g/mol. The van der Waals surface area contributed by atoms with Gasteiger partial charge in [-0.25, -0.2) is 4.79 Å². The summed E-state index contributed by atoms with van der Waals surface area (Å²) in [5, 5.41) is 17.6. The zero-order valence-electron chi connectivity index (χ0n) is 9.76. The van der Waals surface area contributed by atoms with Crippen LogP contribution >= 0.6 is 0 Å². The van der Waals surface area contributed by atoms with Gasteiger partial charge in [0.25, 0.3) is 0 Å². The second kappa shape index (κ2) is 5.65. The van der Waals surface area contributed by atoms with E-state index in [1.54, 1.807) is 0 Å². The number of hydrogen-bond acceptors (Lipinski definition) is 3. The lowest BCUT2D eigenvalue weighted by Gasteiger charge is -2.34. The summed E-state index contributed by atoms with van der Waals surface area (Å²) < 4.78 is 0. The average Bonchev–Trinajstić information content (AvgIpc) is 2.27. The molecule has 1 aliphatic rings. The standard InChI is InChI=1S/C11H17NO5/c1-7(6-9(13)14)10(15)12-5-3-2-4-8(12)11(16)17/h7-8H,2-6H2,1H3,(H,13,14)(H,16,17). The summed E-state index contributed by atoms with van der Waals surface area (Å²) in [5.74, 6) is -3.11. The van der Waals surface area contributed by atoms with Crippen molar-refractivity contribution in [2.45, 2.75) is 38.6 Å². The Morgan fingerprint density at radius 1 is 1.29 bits per heavy atom. The summed E-state index contributed by atoms with van der Waals surface area (Å²) in [5.41, 5.74) is 0. The van der Waals surface area contributed by atoms with E-state index in [9.17, 15) is 14.4 Å². The van der Waals surface area contributed by atoms with Crippen LogP contribution in [0.15, 0.2) is 0 Å². The van der Waals surface area contributed by atoms with Crippen molar-refractivity contribution in [3.63, 3.8) is 0 Å². The molecule has 17 heavy (non-hydrogen) atoms. The fraction of sp³-hybridized carbons (Fsp3) is 0.727. The van der Waals surface area contributed by atoms with Crippen LogP contribution in [0, 0.1) is 5.92 Å². The van der Waals surface area contributed by atoms with Gasteiger partial charge in [-0.15, -0.1) is 0 Å². The zero-order valence-corrected chi connectivity index (χ0v) is 9.76. The Labute approximate surface area is 99.2 Å². The molecule has 0 saturated carbocycles. The van der Waals surface area contributed by atoms with E-state index in [0.29, 0.717) is 13.0 Å². The molecule has 1 rings (SSSR count).